The molecule has 0 aliphatic carbocycles. The molecule has 0 bridgehead atoms. The maximum atomic E-state index is 11.0. The molecule has 4 nitrogen and oxygen atoms in total. The number of nitrogens with zero attached hydrogens (tertiary/aromatic N) is 1. The molecule has 0 radical (unpaired) electrons. The molecule has 0 aliphatic heterocycles. The lowest BCUT2D eigenvalue weighted by Gasteiger charge is -2.22. The molecule has 0 unspecified atom stereocenters. The highest BCUT2D eigenvalue weighted by molar-refractivity contribution is 5.72. The van der Waals surface area contributed by atoms with Gasteiger partial charge in [0.15, 0.2) is 0 Å². The zero-order chi connectivity index (χ0) is 9.30. The number of anilines is 2. The molecule has 12 heavy (non-hydrogen) atoms. The molecule has 66 valence electrons. The van der Waals surface area contributed by atoms with Crippen molar-refractivity contribution in [2.45, 2.75) is 13.8 Å². The van der Waals surface area contributed by atoms with Gasteiger partial charge in [0.05, 0.1) is 0 Å². The van der Waals surface area contributed by atoms with E-state index >= 15 is 0 Å². The first-order chi connectivity index (χ1) is 5.63. The van der Waals surface area contributed by atoms with E-state index in [1.54, 1.807) is 4.90 Å². The molecule has 0 spiro atoms. The lowest BCUT2D eigenvalue weighted by Crippen LogP contribution is -2.42. The molecule has 1 aromatic rings. The van der Waals surface area contributed by atoms with E-state index < -0.39 is 10.9 Å². The summed E-state index contributed by atoms with van der Waals surface area (Å²) in [5.41, 5.74) is 4.89. The predicted molar refractivity (Wildman–Crippen MR) is 49.3 cm³/mol. The van der Waals surface area contributed by atoms with Crippen LogP contribution < -0.4 is 21.5 Å². The summed E-state index contributed by atoms with van der Waals surface area (Å²) in [6, 6.07) is 0. The number of nitrogens with two attached hydrogens (primary N) is 1. The maximum Gasteiger partial charge on any atom is 0.253 e. The van der Waals surface area contributed by atoms with Crippen LogP contribution in [-0.2, 0) is 0 Å². The standard InChI is InChI=1S/C8H12N2O2/c1-3-10(4-2)6-5(9)7(11)8(6)12/h3-4,9H2,1-2H3. The number of hydrogen-bond donors (Lipinski definition) is 1. The molecule has 0 heterocycles. The zero-order valence-electron chi connectivity index (χ0n) is 7.26. The van der Waals surface area contributed by atoms with Gasteiger partial charge in [-0.1, -0.05) is 0 Å². The largest absolute Gasteiger partial charge is 0.394 e. The molecule has 0 saturated heterocycles. The lowest BCUT2D eigenvalue weighted by atomic mass is 10.2. The Morgan fingerprint density at radius 3 is 2.00 bits per heavy atom. The highest BCUT2D eigenvalue weighted by atomic mass is 16.2. The van der Waals surface area contributed by atoms with Gasteiger partial charge < -0.3 is 10.6 Å². The summed E-state index contributed by atoms with van der Waals surface area (Å²) in [6.45, 7) is 5.23. The molecular weight excluding hydrogens is 156 g/mol. The van der Waals surface area contributed by atoms with Crippen LogP contribution in [0.15, 0.2) is 9.59 Å². The van der Waals surface area contributed by atoms with Gasteiger partial charge in [-0.3, -0.25) is 9.59 Å². The molecule has 1 rings (SSSR count). The summed E-state index contributed by atoms with van der Waals surface area (Å²) < 4.78 is 0. The zero-order valence-corrected chi connectivity index (χ0v) is 7.26. The van der Waals surface area contributed by atoms with Crippen molar-refractivity contribution in [1.82, 2.24) is 0 Å². The summed E-state index contributed by atoms with van der Waals surface area (Å²) in [6.07, 6.45) is 0. The minimum atomic E-state index is -0.545. The molecule has 0 amide bonds. The highest BCUT2D eigenvalue weighted by Crippen LogP contribution is 2.14. The number of nitrogen functional groups attached to an aromatic ring is 1. The van der Waals surface area contributed by atoms with Gasteiger partial charge in [0.1, 0.15) is 11.4 Å². The number of hydrogen-bond acceptors (Lipinski definition) is 4. The molecule has 2 N–H and O–H groups in total. The SMILES string of the molecule is CCN(CC)c1c(N)c(=O)c1=O. The van der Waals surface area contributed by atoms with Crippen molar-refractivity contribution in [1.29, 1.82) is 0 Å². The molecule has 0 saturated carbocycles. The molecule has 0 fully saturated rings. The van der Waals surface area contributed by atoms with Crippen LogP contribution in [0.5, 0.6) is 0 Å². The van der Waals surface area contributed by atoms with E-state index in [1.165, 1.54) is 0 Å². The van der Waals surface area contributed by atoms with Crippen LogP contribution in [0.4, 0.5) is 11.4 Å². The Balaban J connectivity index is 3.05. The average Bonchev–Trinajstić information content (AvgIpc) is 2.12. The van der Waals surface area contributed by atoms with Gasteiger partial charge in [-0.15, -0.1) is 0 Å². The Hall–Kier alpha value is -1.32. The van der Waals surface area contributed by atoms with Crippen molar-refractivity contribution >= 4 is 11.4 Å². The van der Waals surface area contributed by atoms with Gasteiger partial charge in [-0.2, -0.15) is 0 Å². The normalized spacial score (nSPS) is 10.5. The van der Waals surface area contributed by atoms with Crippen molar-refractivity contribution in [3.8, 4) is 0 Å². The highest BCUT2D eigenvalue weighted by Gasteiger charge is 2.21. The van der Waals surface area contributed by atoms with Gasteiger partial charge in [0.25, 0.3) is 10.9 Å². The van der Waals surface area contributed by atoms with Crippen LogP contribution in [0, 0.1) is 0 Å². The van der Waals surface area contributed by atoms with Crippen molar-refractivity contribution in [2.75, 3.05) is 23.7 Å². The Labute approximate surface area is 70.3 Å². The molecule has 0 aromatic heterocycles. The van der Waals surface area contributed by atoms with Crippen LogP contribution in [0.2, 0.25) is 0 Å². The van der Waals surface area contributed by atoms with Crippen LogP contribution in [-0.4, -0.2) is 13.1 Å². The van der Waals surface area contributed by atoms with E-state index in [4.69, 9.17) is 5.73 Å². The van der Waals surface area contributed by atoms with E-state index in [1.807, 2.05) is 13.8 Å². The van der Waals surface area contributed by atoms with E-state index in [2.05, 4.69) is 0 Å². The fourth-order valence-electron chi connectivity index (χ4n) is 1.25. The molecule has 0 aliphatic rings. The van der Waals surface area contributed by atoms with Crippen LogP contribution in [0.3, 0.4) is 0 Å². The molecule has 4 heteroatoms. The quantitative estimate of drug-likeness (QED) is 0.630. The second-order valence-electron chi connectivity index (χ2n) is 2.59. The second kappa shape index (κ2) is 2.97. The number of rotatable bonds is 3. The van der Waals surface area contributed by atoms with Crippen molar-refractivity contribution in [3.63, 3.8) is 0 Å². The van der Waals surface area contributed by atoms with E-state index in [0.29, 0.717) is 18.8 Å². The molecular formula is C8H12N2O2. The van der Waals surface area contributed by atoms with Gasteiger partial charge in [-0.05, 0) is 13.8 Å². The summed E-state index contributed by atoms with van der Waals surface area (Å²) in [7, 11) is 0. The van der Waals surface area contributed by atoms with Gasteiger partial charge in [-0.25, -0.2) is 0 Å². The third-order valence-electron chi connectivity index (χ3n) is 2.00. The average molecular weight is 168 g/mol. The Morgan fingerprint density at radius 2 is 1.67 bits per heavy atom. The topological polar surface area (TPSA) is 63.4 Å². The van der Waals surface area contributed by atoms with Crippen molar-refractivity contribution < 1.29 is 0 Å². The van der Waals surface area contributed by atoms with Crippen LogP contribution >= 0.6 is 0 Å². The summed E-state index contributed by atoms with van der Waals surface area (Å²) in [4.78, 5) is 23.5. The minimum Gasteiger partial charge on any atom is -0.394 e. The van der Waals surface area contributed by atoms with E-state index in [0.717, 1.165) is 0 Å². The fraction of sp³-hybridized carbons (Fsp3) is 0.500. The minimum absolute atomic E-state index is 0.115. The molecule has 1 aromatic carbocycles. The van der Waals surface area contributed by atoms with Crippen LogP contribution in [0.1, 0.15) is 13.8 Å². The first kappa shape index (κ1) is 8.77. The fourth-order valence-corrected chi connectivity index (χ4v) is 1.25. The monoisotopic (exact) mass is 168 g/mol. The summed E-state index contributed by atoms with van der Waals surface area (Å²) in [5.74, 6) is 0. The van der Waals surface area contributed by atoms with E-state index in [9.17, 15) is 9.59 Å². The van der Waals surface area contributed by atoms with Crippen LogP contribution in [0.25, 0.3) is 0 Å². The predicted octanol–water partition coefficient (Wildman–Crippen LogP) is -0.289. The third kappa shape index (κ3) is 0.995. The van der Waals surface area contributed by atoms with Crippen molar-refractivity contribution in [3.05, 3.63) is 20.4 Å². The lowest BCUT2D eigenvalue weighted by molar-refractivity contribution is 0.857. The first-order valence-electron chi connectivity index (χ1n) is 3.97. The van der Waals surface area contributed by atoms with E-state index in [-0.39, 0.29) is 5.69 Å². The smallest absolute Gasteiger partial charge is 0.253 e. The van der Waals surface area contributed by atoms with Gasteiger partial charge in [0.2, 0.25) is 0 Å². The van der Waals surface area contributed by atoms with Crippen molar-refractivity contribution in [2.24, 2.45) is 0 Å². The maximum absolute atomic E-state index is 11.0. The van der Waals surface area contributed by atoms with Gasteiger partial charge >= 0.3 is 0 Å². The summed E-state index contributed by atoms with van der Waals surface area (Å²) >= 11 is 0. The Bertz CT molecular complexity index is 346. The summed E-state index contributed by atoms with van der Waals surface area (Å²) in [5, 5.41) is 0. The van der Waals surface area contributed by atoms with Gasteiger partial charge in [0, 0.05) is 13.1 Å². The molecule has 0 atom stereocenters. The first-order valence-corrected chi connectivity index (χ1v) is 3.97. The Kier molecular flexibility index (Phi) is 2.17. The Morgan fingerprint density at radius 1 is 1.17 bits per heavy atom. The second-order valence-corrected chi connectivity index (χ2v) is 2.59. The third-order valence-corrected chi connectivity index (χ3v) is 2.00.